The van der Waals surface area contributed by atoms with Crippen molar-refractivity contribution >= 4 is 21.6 Å². The maximum absolute atomic E-state index is 12.7. The number of halogens is 3. The van der Waals surface area contributed by atoms with Gasteiger partial charge in [0, 0.05) is 5.56 Å². The van der Waals surface area contributed by atoms with Crippen molar-refractivity contribution < 1.29 is 18.3 Å². The minimum absolute atomic E-state index is 0.141. The number of benzene rings is 2. The maximum Gasteiger partial charge on any atom is 0.416 e. The van der Waals surface area contributed by atoms with Crippen LogP contribution in [-0.4, -0.2) is 10.1 Å². The number of nitrogens with zero attached hydrogens (tertiary/aromatic N) is 1. The first-order chi connectivity index (χ1) is 9.84. The highest BCUT2D eigenvalue weighted by Gasteiger charge is 2.30. The summed E-state index contributed by atoms with van der Waals surface area (Å²) < 4.78 is 38.7. The normalized spacial score (nSPS) is 12.0. The molecule has 0 amide bonds. The molecule has 3 aromatic rings. The molecule has 2 nitrogen and oxygen atoms in total. The monoisotopic (exact) mass is 309 g/mol. The summed E-state index contributed by atoms with van der Waals surface area (Å²) in [5, 5.41) is 10.3. The first kappa shape index (κ1) is 13.9. The number of fused-ring (bicyclic) bond motifs is 1. The number of alkyl halides is 3. The van der Waals surface area contributed by atoms with Crippen LogP contribution in [0.1, 0.15) is 11.1 Å². The largest absolute Gasteiger partial charge is 0.508 e. The molecule has 0 saturated heterocycles. The first-order valence-electron chi connectivity index (χ1n) is 6.12. The van der Waals surface area contributed by atoms with Crippen molar-refractivity contribution in [3.8, 4) is 16.3 Å². The van der Waals surface area contributed by atoms with Crippen LogP contribution in [-0.2, 0) is 6.18 Å². The van der Waals surface area contributed by atoms with E-state index in [-0.39, 0.29) is 5.75 Å². The number of aromatic nitrogens is 1. The number of aromatic hydroxyl groups is 1. The summed E-state index contributed by atoms with van der Waals surface area (Å²) in [6.45, 7) is 1.77. The van der Waals surface area contributed by atoms with Crippen LogP contribution in [0.2, 0.25) is 0 Å². The van der Waals surface area contributed by atoms with E-state index in [4.69, 9.17) is 0 Å². The predicted molar refractivity (Wildman–Crippen MR) is 76.5 cm³/mol. The van der Waals surface area contributed by atoms with Gasteiger partial charge in [-0.3, -0.25) is 0 Å². The molecule has 0 saturated carbocycles. The van der Waals surface area contributed by atoms with Gasteiger partial charge >= 0.3 is 6.18 Å². The van der Waals surface area contributed by atoms with Gasteiger partial charge in [0.05, 0.1) is 15.8 Å². The van der Waals surface area contributed by atoms with Crippen molar-refractivity contribution in [1.29, 1.82) is 0 Å². The quantitative estimate of drug-likeness (QED) is 0.686. The van der Waals surface area contributed by atoms with Crippen molar-refractivity contribution in [2.45, 2.75) is 13.1 Å². The number of hydrogen-bond acceptors (Lipinski definition) is 3. The van der Waals surface area contributed by atoms with E-state index in [2.05, 4.69) is 4.98 Å². The zero-order valence-electron chi connectivity index (χ0n) is 10.9. The van der Waals surface area contributed by atoms with E-state index in [9.17, 15) is 18.3 Å². The molecule has 0 aliphatic carbocycles. The lowest BCUT2D eigenvalue weighted by atomic mass is 10.1. The van der Waals surface area contributed by atoms with Crippen LogP contribution < -0.4 is 0 Å². The van der Waals surface area contributed by atoms with Crippen molar-refractivity contribution in [3.63, 3.8) is 0 Å². The summed E-state index contributed by atoms with van der Waals surface area (Å²) in [6, 6.07) is 8.63. The highest BCUT2D eigenvalue weighted by Crippen LogP contribution is 2.36. The fourth-order valence-corrected chi connectivity index (χ4v) is 2.91. The minimum atomic E-state index is -4.37. The fourth-order valence-electron chi connectivity index (χ4n) is 1.97. The molecule has 1 N–H and O–H groups in total. The summed E-state index contributed by atoms with van der Waals surface area (Å²) >= 11 is 1.29. The Morgan fingerprint density at radius 3 is 2.52 bits per heavy atom. The lowest BCUT2D eigenvalue weighted by Gasteiger charge is -2.04. The molecule has 21 heavy (non-hydrogen) atoms. The van der Waals surface area contributed by atoms with Crippen LogP contribution in [0, 0.1) is 6.92 Å². The van der Waals surface area contributed by atoms with Crippen molar-refractivity contribution in [2.24, 2.45) is 0 Å². The zero-order chi connectivity index (χ0) is 15.2. The average molecular weight is 309 g/mol. The smallest absolute Gasteiger partial charge is 0.416 e. The molecule has 108 valence electrons. The van der Waals surface area contributed by atoms with Gasteiger partial charge in [0.25, 0.3) is 0 Å². The van der Waals surface area contributed by atoms with Gasteiger partial charge in [0.2, 0.25) is 0 Å². The molecule has 3 rings (SSSR count). The van der Waals surface area contributed by atoms with Crippen LogP contribution in [0.25, 0.3) is 20.8 Å². The van der Waals surface area contributed by atoms with E-state index in [1.54, 1.807) is 25.1 Å². The standard InChI is InChI=1S/C15H10F3NOS/c1-8-2-3-9(6-12(8)20)14-19-11-7-10(15(16,17)18)4-5-13(11)21-14/h2-7,20H,1H3. The molecule has 1 heterocycles. The zero-order valence-corrected chi connectivity index (χ0v) is 11.7. The van der Waals surface area contributed by atoms with Gasteiger partial charge in [-0.1, -0.05) is 12.1 Å². The van der Waals surface area contributed by atoms with Crippen LogP contribution in [0.4, 0.5) is 13.2 Å². The third kappa shape index (κ3) is 2.58. The number of aryl methyl sites for hydroxylation is 1. The molecular formula is C15H10F3NOS. The second kappa shape index (κ2) is 4.73. The summed E-state index contributed by atoms with van der Waals surface area (Å²) in [6.07, 6.45) is -4.37. The molecule has 0 spiro atoms. The van der Waals surface area contributed by atoms with Crippen molar-refractivity contribution in [2.75, 3.05) is 0 Å². The fraction of sp³-hybridized carbons (Fsp3) is 0.133. The third-order valence-corrected chi connectivity index (χ3v) is 4.26. The molecule has 0 aliphatic rings. The first-order valence-corrected chi connectivity index (χ1v) is 6.94. The van der Waals surface area contributed by atoms with Gasteiger partial charge in [-0.2, -0.15) is 13.2 Å². The van der Waals surface area contributed by atoms with Crippen LogP contribution >= 0.6 is 11.3 Å². The van der Waals surface area contributed by atoms with Gasteiger partial charge < -0.3 is 5.11 Å². The number of phenolic OH excluding ortho intramolecular Hbond substituents is 1. The molecule has 1 aromatic heterocycles. The minimum Gasteiger partial charge on any atom is -0.508 e. The lowest BCUT2D eigenvalue weighted by molar-refractivity contribution is -0.137. The van der Waals surface area contributed by atoms with E-state index in [1.165, 1.54) is 17.4 Å². The Bertz CT molecular complexity index is 823. The summed E-state index contributed by atoms with van der Waals surface area (Å²) in [4.78, 5) is 4.24. The van der Waals surface area contributed by atoms with Gasteiger partial charge in [-0.05, 0) is 36.8 Å². The Morgan fingerprint density at radius 1 is 1.10 bits per heavy atom. The van der Waals surface area contributed by atoms with E-state index < -0.39 is 11.7 Å². The molecule has 0 unspecified atom stereocenters. The summed E-state index contributed by atoms with van der Waals surface area (Å²) in [7, 11) is 0. The summed E-state index contributed by atoms with van der Waals surface area (Å²) in [5.41, 5.74) is 1.02. The molecule has 0 bridgehead atoms. The van der Waals surface area contributed by atoms with Gasteiger partial charge in [-0.25, -0.2) is 4.98 Å². The Kier molecular flexibility index (Phi) is 3.13. The number of phenols is 1. The van der Waals surface area contributed by atoms with Crippen molar-refractivity contribution in [1.82, 2.24) is 4.98 Å². The van der Waals surface area contributed by atoms with Crippen molar-refractivity contribution in [3.05, 3.63) is 47.5 Å². The number of rotatable bonds is 1. The highest BCUT2D eigenvalue weighted by atomic mass is 32.1. The van der Waals surface area contributed by atoms with Crippen LogP contribution in [0.5, 0.6) is 5.75 Å². The molecule has 0 aliphatic heterocycles. The van der Waals surface area contributed by atoms with E-state index in [0.717, 1.165) is 17.7 Å². The second-order valence-corrected chi connectivity index (χ2v) is 5.73. The molecule has 2 aromatic carbocycles. The van der Waals surface area contributed by atoms with E-state index in [0.29, 0.717) is 20.8 Å². The van der Waals surface area contributed by atoms with E-state index in [1.807, 2.05) is 0 Å². The summed E-state index contributed by atoms with van der Waals surface area (Å²) in [5.74, 6) is 0.141. The topological polar surface area (TPSA) is 33.1 Å². The third-order valence-electron chi connectivity index (χ3n) is 3.17. The van der Waals surface area contributed by atoms with Gasteiger partial charge in [-0.15, -0.1) is 11.3 Å². The Labute approximate surface area is 122 Å². The number of hydrogen-bond donors (Lipinski definition) is 1. The van der Waals surface area contributed by atoms with Gasteiger partial charge in [0.1, 0.15) is 10.8 Å². The Hall–Kier alpha value is -2.08. The van der Waals surface area contributed by atoms with E-state index >= 15 is 0 Å². The Balaban J connectivity index is 2.10. The maximum atomic E-state index is 12.7. The predicted octanol–water partition coefficient (Wildman–Crippen LogP) is 5.00. The SMILES string of the molecule is Cc1ccc(-c2nc3cc(C(F)(F)F)ccc3s2)cc1O. The van der Waals surface area contributed by atoms with Gasteiger partial charge in [0.15, 0.2) is 0 Å². The highest BCUT2D eigenvalue weighted by molar-refractivity contribution is 7.21. The molecule has 0 atom stereocenters. The average Bonchev–Trinajstić information content (AvgIpc) is 2.83. The molecular weight excluding hydrogens is 299 g/mol. The van der Waals surface area contributed by atoms with Crippen LogP contribution in [0.3, 0.4) is 0 Å². The lowest BCUT2D eigenvalue weighted by Crippen LogP contribution is -2.03. The molecule has 0 radical (unpaired) electrons. The molecule has 6 heteroatoms. The second-order valence-electron chi connectivity index (χ2n) is 4.70. The Morgan fingerprint density at radius 2 is 1.86 bits per heavy atom. The van der Waals surface area contributed by atoms with Crippen LogP contribution in [0.15, 0.2) is 36.4 Å². The number of thiazole rings is 1. The molecule has 0 fully saturated rings.